The van der Waals surface area contributed by atoms with Crippen molar-refractivity contribution in [3.8, 4) is 22.4 Å². The van der Waals surface area contributed by atoms with Crippen molar-refractivity contribution in [1.82, 2.24) is 35.1 Å². The van der Waals surface area contributed by atoms with E-state index in [4.69, 9.17) is 14.7 Å². The second-order valence-electron chi connectivity index (χ2n) is 15.2. The van der Waals surface area contributed by atoms with Gasteiger partial charge < -0.3 is 29.8 Å². The molecule has 2 saturated heterocycles. The molecule has 0 unspecified atom stereocenters. The fourth-order valence-corrected chi connectivity index (χ4v) is 8.25. The fourth-order valence-electron chi connectivity index (χ4n) is 8.25. The van der Waals surface area contributed by atoms with Crippen LogP contribution in [-0.2, 0) is 14.3 Å². The standard InChI is InChI=1S/C44H47N7O4/c1-26(2)39(49-44(54)55-4)43(53)51-21-8-12-37(51)40-45-25-36(48-40)33-17-16-29-22-30(14-15-31(29)23-33)32-18-19-34-35(24-32)47-41(46-34)38-13-9-20-50(38)42(52)27(3)28-10-6-5-7-11-28/h5-7,10-11,14-19,22-27,37-39H,8-9,12-13,20-21H2,1-4H3,(H,45,48)(H,46,47)(H,49,54)/t27-,37+,38+,39+/m1/s1. The van der Waals surface area contributed by atoms with Gasteiger partial charge in [-0.15, -0.1) is 0 Å². The Balaban J connectivity index is 0.984. The lowest BCUT2D eigenvalue weighted by Crippen LogP contribution is -2.51. The van der Waals surface area contributed by atoms with Crippen molar-refractivity contribution in [1.29, 1.82) is 0 Å². The number of aromatic nitrogens is 4. The number of likely N-dealkylation sites (tertiary alicyclic amines) is 2. The fraction of sp³-hybridized carbons (Fsp3) is 0.341. The van der Waals surface area contributed by atoms with Crippen LogP contribution in [0.25, 0.3) is 44.2 Å². The number of alkyl carbamates (subject to hydrolysis) is 1. The van der Waals surface area contributed by atoms with E-state index < -0.39 is 12.1 Å². The maximum absolute atomic E-state index is 13.6. The molecule has 55 heavy (non-hydrogen) atoms. The number of amides is 3. The number of ether oxygens (including phenoxy) is 1. The molecule has 4 heterocycles. The molecule has 0 aliphatic carbocycles. The van der Waals surface area contributed by atoms with Gasteiger partial charge in [0.25, 0.3) is 0 Å². The zero-order valence-electron chi connectivity index (χ0n) is 31.7. The van der Waals surface area contributed by atoms with Crippen LogP contribution in [0.3, 0.4) is 0 Å². The van der Waals surface area contributed by atoms with E-state index in [-0.39, 0.29) is 35.7 Å². The van der Waals surface area contributed by atoms with Crippen LogP contribution >= 0.6 is 0 Å². The number of fused-ring (bicyclic) bond motifs is 2. The molecule has 8 rings (SSSR count). The van der Waals surface area contributed by atoms with Crippen molar-refractivity contribution in [2.75, 3.05) is 20.2 Å². The van der Waals surface area contributed by atoms with Crippen LogP contribution in [-0.4, -0.2) is 73.9 Å². The van der Waals surface area contributed by atoms with E-state index >= 15 is 0 Å². The molecule has 0 spiro atoms. The maximum atomic E-state index is 13.6. The zero-order valence-corrected chi connectivity index (χ0v) is 31.7. The lowest BCUT2D eigenvalue weighted by molar-refractivity contribution is -0.135. The number of carbonyl (C=O) groups is 3. The normalized spacial score (nSPS) is 18.3. The predicted molar refractivity (Wildman–Crippen MR) is 213 cm³/mol. The summed E-state index contributed by atoms with van der Waals surface area (Å²) in [5.41, 5.74) is 6.95. The van der Waals surface area contributed by atoms with Gasteiger partial charge in [0, 0.05) is 18.7 Å². The number of methoxy groups -OCH3 is 1. The molecule has 11 heteroatoms. The van der Waals surface area contributed by atoms with E-state index in [9.17, 15) is 14.4 Å². The molecule has 4 aromatic carbocycles. The first-order chi connectivity index (χ1) is 26.7. The molecule has 3 amide bonds. The van der Waals surface area contributed by atoms with Gasteiger partial charge in [-0.2, -0.15) is 0 Å². The average molecular weight is 738 g/mol. The number of imidazole rings is 2. The first-order valence-electron chi connectivity index (χ1n) is 19.3. The summed E-state index contributed by atoms with van der Waals surface area (Å²) in [5, 5.41) is 4.93. The lowest BCUT2D eigenvalue weighted by Gasteiger charge is -2.30. The van der Waals surface area contributed by atoms with Gasteiger partial charge in [0.05, 0.1) is 48.0 Å². The number of rotatable bonds is 9. The molecular weight excluding hydrogens is 691 g/mol. The van der Waals surface area contributed by atoms with Crippen LogP contribution in [0.1, 0.15) is 81.7 Å². The van der Waals surface area contributed by atoms with Crippen molar-refractivity contribution in [3.05, 3.63) is 108 Å². The van der Waals surface area contributed by atoms with Gasteiger partial charge in [0.15, 0.2) is 0 Å². The Labute approximate surface area is 320 Å². The summed E-state index contributed by atoms with van der Waals surface area (Å²) >= 11 is 0. The molecule has 282 valence electrons. The van der Waals surface area contributed by atoms with Crippen molar-refractivity contribution in [3.63, 3.8) is 0 Å². The van der Waals surface area contributed by atoms with Crippen LogP contribution in [0.15, 0.2) is 91.1 Å². The highest BCUT2D eigenvalue weighted by Crippen LogP contribution is 2.36. The van der Waals surface area contributed by atoms with E-state index in [1.54, 1.807) is 0 Å². The number of H-pyrrole nitrogens is 2. The van der Waals surface area contributed by atoms with E-state index in [0.29, 0.717) is 6.54 Å². The minimum absolute atomic E-state index is 0.0671. The quantitative estimate of drug-likeness (QED) is 0.137. The number of benzene rings is 4. The first-order valence-corrected chi connectivity index (χ1v) is 19.3. The molecule has 11 nitrogen and oxygen atoms in total. The maximum Gasteiger partial charge on any atom is 0.407 e. The highest BCUT2D eigenvalue weighted by molar-refractivity contribution is 5.92. The van der Waals surface area contributed by atoms with Crippen LogP contribution in [0.4, 0.5) is 4.79 Å². The van der Waals surface area contributed by atoms with Crippen LogP contribution < -0.4 is 5.32 Å². The second kappa shape index (κ2) is 15.0. The molecule has 0 saturated carbocycles. The van der Waals surface area contributed by atoms with Crippen molar-refractivity contribution >= 4 is 39.7 Å². The minimum Gasteiger partial charge on any atom is -0.453 e. The smallest absolute Gasteiger partial charge is 0.407 e. The van der Waals surface area contributed by atoms with Crippen molar-refractivity contribution in [2.45, 2.75) is 70.5 Å². The van der Waals surface area contributed by atoms with Crippen molar-refractivity contribution in [2.24, 2.45) is 5.92 Å². The number of nitrogens with zero attached hydrogens (tertiary/aromatic N) is 4. The third kappa shape index (κ3) is 7.06. The molecule has 4 atom stereocenters. The van der Waals surface area contributed by atoms with Gasteiger partial charge in [-0.25, -0.2) is 14.8 Å². The van der Waals surface area contributed by atoms with Gasteiger partial charge >= 0.3 is 6.09 Å². The van der Waals surface area contributed by atoms with Crippen LogP contribution in [0.5, 0.6) is 0 Å². The second-order valence-corrected chi connectivity index (χ2v) is 15.2. The summed E-state index contributed by atoms with van der Waals surface area (Å²) < 4.78 is 4.77. The monoisotopic (exact) mass is 737 g/mol. The summed E-state index contributed by atoms with van der Waals surface area (Å²) in [5.74, 6) is 1.29. The zero-order chi connectivity index (χ0) is 38.2. The first kappa shape index (κ1) is 36.0. The van der Waals surface area contributed by atoms with Gasteiger partial charge in [-0.05, 0) is 90.3 Å². The third-order valence-corrected chi connectivity index (χ3v) is 11.3. The third-order valence-electron chi connectivity index (χ3n) is 11.3. The van der Waals surface area contributed by atoms with Crippen LogP contribution in [0.2, 0.25) is 0 Å². The molecule has 0 radical (unpaired) electrons. The Kier molecular flexibility index (Phi) is 9.86. The minimum atomic E-state index is -0.680. The molecular formula is C44H47N7O4. The predicted octanol–water partition coefficient (Wildman–Crippen LogP) is 8.28. The molecule has 2 fully saturated rings. The Morgan fingerprint density at radius 3 is 2.11 bits per heavy atom. The highest BCUT2D eigenvalue weighted by atomic mass is 16.5. The Hall–Kier alpha value is -5.97. The SMILES string of the molecule is COC(=O)N[C@H](C(=O)N1CCC[C@H]1c1ncc(-c2ccc3cc(-c4ccc5nc([C@@H]6CCCN6C(=O)[C@H](C)c6ccccc6)[nH]c5c4)ccc3c2)[nH]1)C(C)C. The average Bonchev–Trinajstić information content (AvgIpc) is 4.05. The number of carbonyl (C=O) groups excluding carboxylic acids is 3. The number of aromatic amines is 2. The molecule has 6 aromatic rings. The van der Waals surface area contributed by atoms with E-state index in [1.807, 2.05) is 67.1 Å². The van der Waals surface area contributed by atoms with Crippen molar-refractivity contribution < 1.29 is 19.1 Å². The summed E-state index contributed by atoms with van der Waals surface area (Å²) in [6.07, 6.45) is 4.71. The summed E-state index contributed by atoms with van der Waals surface area (Å²) in [4.78, 5) is 59.7. The summed E-state index contributed by atoms with van der Waals surface area (Å²) in [7, 11) is 1.30. The molecule has 2 aromatic heterocycles. The van der Waals surface area contributed by atoms with E-state index in [1.165, 1.54) is 7.11 Å². The number of hydrogen-bond donors (Lipinski definition) is 3. The van der Waals surface area contributed by atoms with E-state index in [2.05, 4.69) is 69.9 Å². The molecule has 3 N–H and O–H groups in total. The van der Waals surface area contributed by atoms with Gasteiger partial charge in [0.2, 0.25) is 11.8 Å². The molecule has 2 aliphatic rings. The molecule has 0 bridgehead atoms. The number of hydrogen-bond acceptors (Lipinski definition) is 6. The Morgan fingerprint density at radius 2 is 1.40 bits per heavy atom. The Morgan fingerprint density at radius 1 is 0.764 bits per heavy atom. The topological polar surface area (TPSA) is 136 Å². The van der Waals surface area contributed by atoms with Gasteiger partial charge in [0.1, 0.15) is 17.7 Å². The van der Waals surface area contributed by atoms with E-state index in [0.717, 1.165) is 93.6 Å². The summed E-state index contributed by atoms with van der Waals surface area (Å²) in [6.45, 7) is 7.15. The number of nitrogens with one attached hydrogen (secondary N) is 3. The van der Waals surface area contributed by atoms with Crippen LogP contribution in [0, 0.1) is 5.92 Å². The summed E-state index contributed by atoms with van der Waals surface area (Å²) in [6, 6.07) is 28.2. The Bertz CT molecular complexity index is 2370. The van der Waals surface area contributed by atoms with Gasteiger partial charge in [-0.3, -0.25) is 9.59 Å². The highest BCUT2D eigenvalue weighted by Gasteiger charge is 2.38. The van der Waals surface area contributed by atoms with Gasteiger partial charge in [-0.1, -0.05) is 74.5 Å². The largest absolute Gasteiger partial charge is 0.453 e. The molecule has 2 aliphatic heterocycles. The lowest BCUT2D eigenvalue weighted by atomic mass is 9.99.